The fourth-order valence-corrected chi connectivity index (χ4v) is 5.45. The Bertz CT molecular complexity index is 1270. The first-order valence-corrected chi connectivity index (χ1v) is 16.9. The summed E-state index contributed by atoms with van der Waals surface area (Å²) in [6.07, 6.45) is 2.09. The van der Waals surface area contributed by atoms with Crippen LogP contribution in [0.3, 0.4) is 0 Å². The monoisotopic (exact) mass is 794 g/mol. The van der Waals surface area contributed by atoms with Gasteiger partial charge in [-0.3, -0.25) is 24.0 Å². The molecule has 0 aliphatic rings. The van der Waals surface area contributed by atoms with Crippen molar-refractivity contribution in [2.45, 2.75) is 57.5 Å². The molecule has 262 valence electrons. The third-order valence-corrected chi connectivity index (χ3v) is 8.35. The molecule has 15 nitrogen and oxygen atoms in total. The second-order valence-electron chi connectivity index (χ2n) is 10.4. The third-order valence-electron chi connectivity index (χ3n) is 6.79. The van der Waals surface area contributed by atoms with Crippen molar-refractivity contribution in [2.75, 3.05) is 42.7 Å². The second-order valence-corrected chi connectivity index (χ2v) is 11.7. The van der Waals surface area contributed by atoms with Crippen LogP contribution < -0.4 is 27.0 Å². The molecule has 47 heavy (non-hydrogen) atoms. The van der Waals surface area contributed by atoms with E-state index in [-0.39, 0.29) is 50.0 Å². The first-order valence-electron chi connectivity index (χ1n) is 14.7. The van der Waals surface area contributed by atoms with E-state index in [4.69, 9.17) is 15.6 Å². The van der Waals surface area contributed by atoms with E-state index in [0.29, 0.717) is 29.9 Å². The van der Waals surface area contributed by atoms with Crippen LogP contribution in [0, 0.1) is 11.7 Å². The number of unbranched alkanes of at least 4 members (excludes halogenated alkanes) is 2. The summed E-state index contributed by atoms with van der Waals surface area (Å²) < 4.78 is 20.0. The number of benzene rings is 1. The van der Waals surface area contributed by atoms with Gasteiger partial charge in [-0.25, -0.2) is 14.0 Å². The van der Waals surface area contributed by atoms with Gasteiger partial charge in [0.05, 0.1) is 24.6 Å². The predicted molar refractivity (Wildman–Crippen MR) is 176 cm³/mol. The van der Waals surface area contributed by atoms with Crippen LogP contribution in [-0.4, -0.2) is 101 Å². The molecule has 0 fully saturated rings. The first-order chi connectivity index (χ1) is 22.2. The normalized spacial score (nSPS) is 12.0. The van der Waals surface area contributed by atoms with Gasteiger partial charge in [-0.05, 0) is 57.2 Å². The van der Waals surface area contributed by atoms with Crippen LogP contribution in [0.4, 0.5) is 14.9 Å². The summed E-state index contributed by atoms with van der Waals surface area (Å²) in [6.45, 7) is 1.18. The molecule has 1 aromatic rings. The van der Waals surface area contributed by atoms with Crippen LogP contribution in [-0.2, 0) is 28.7 Å². The van der Waals surface area contributed by atoms with Crippen LogP contribution >= 0.6 is 31.9 Å². The number of carboxylic acid groups (broad SMARTS) is 1. The third kappa shape index (κ3) is 15.6. The van der Waals surface area contributed by atoms with E-state index in [1.54, 1.807) is 0 Å². The fourth-order valence-electron chi connectivity index (χ4n) is 3.85. The number of amides is 6. The van der Waals surface area contributed by atoms with Crippen molar-refractivity contribution < 1.29 is 47.8 Å². The minimum Gasteiger partial charge on any atom is -0.480 e. The molecule has 0 bridgehead atoms. The number of ether oxygens (including phenoxy) is 1. The number of nitrogens with two attached hydrogens (primary N) is 1. The summed E-state index contributed by atoms with van der Waals surface area (Å²) in [6, 6.07) is 0.0805. The number of hydrogen-bond acceptors (Lipinski definition) is 8. The van der Waals surface area contributed by atoms with E-state index in [9.17, 15) is 38.0 Å². The van der Waals surface area contributed by atoms with Gasteiger partial charge in [0.1, 0.15) is 17.9 Å². The van der Waals surface area contributed by atoms with Crippen LogP contribution in [0.5, 0.6) is 0 Å². The Hall–Kier alpha value is -3.80. The average molecular weight is 796 g/mol. The Morgan fingerprint density at radius 2 is 1.68 bits per heavy atom. The van der Waals surface area contributed by atoms with Crippen molar-refractivity contribution in [1.29, 1.82) is 0 Å². The molecule has 0 aliphatic carbocycles. The highest BCUT2D eigenvalue weighted by Crippen LogP contribution is 2.18. The van der Waals surface area contributed by atoms with E-state index in [0.717, 1.165) is 17.0 Å². The SMILES string of the molecule is C[C@@H](C(=O)O)N(C)C(=O)c1ccc(NC(=O)C(CCCNC(N)=O)NC(=O)CNC(=O)CCCCCOC(=O)C(CBr)CBr)cc1F. The number of alkyl halides is 2. The van der Waals surface area contributed by atoms with E-state index in [1.807, 2.05) is 0 Å². The molecule has 0 radical (unpaired) electrons. The zero-order valence-electron chi connectivity index (χ0n) is 26.1. The topological polar surface area (TPSA) is 226 Å². The number of rotatable bonds is 21. The standard InChI is InChI=1S/C29H41Br2FN6O9/c1-17(27(43)44)38(2)26(42)20-10-9-19(13-21(20)32)36-25(41)22(7-6-11-34-29(33)46)37-24(40)16-35-23(39)8-4-3-5-12-47-28(45)18(14-30)15-31/h9-10,13,17-18,22H,3-8,11-12,14-16H2,1-2H3,(H,35,39)(H,36,41)(H,37,40)(H,43,44)(H3,33,34,46)/t17-,22?/m0/s1. The summed E-state index contributed by atoms with van der Waals surface area (Å²) >= 11 is 6.49. The van der Waals surface area contributed by atoms with Crippen LogP contribution in [0.25, 0.3) is 0 Å². The highest BCUT2D eigenvalue weighted by Gasteiger charge is 2.26. The lowest BCUT2D eigenvalue weighted by molar-refractivity contribution is -0.147. The number of halogens is 3. The van der Waals surface area contributed by atoms with Gasteiger partial charge in [0, 0.05) is 36.4 Å². The van der Waals surface area contributed by atoms with Crippen molar-refractivity contribution in [3.63, 3.8) is 0 Å². The van der Waals surface area contributed by atoms with Gasteiger partial charge < -0.3 is 41.7 Å². The molecular formula is C29H41Br2FN6O9. The van der Waals surface area contributed by atoms with Gasteiger partial charge in [-0.1, -0.05) is 31.9 Å². The molecule has 18 heteroatoms. The van der Waals surface area contributed by atoms with Gasteiger partial charge in [0.2, 0.25) is 17.7 Å². The minimum atomic E-state index is -1.27. The second kappa shape index (κ2) is 21.9. The van der Waals surface area contributed by atoms with E-state index in [1.165, 1.54) is 20.0 Å². The number of primary amides is 1. The number of esters is 1. The highest BCUT2D eigenvalue weighted by atomic mass is 79.9. The maximum atomic E-state index is 14.8. The Morgan fingerprint density at radius 3 is 2.28 bits per heavy atom. The number of carbonyl (C=O) groups is 7. The first kappa shape index (κ1) is 41.2. The van der Waals surface area contributed by atoms with Gasteiger partial charge in [-0.2, -0.15) is 0 Å². The lowest BCUT2D eigenvalue weighted by Crippen LogP contribution is -2.47. The van der Waals surface area contributed by atoms with E-state index in [2.05, 4.69) is 53.1 Å². The number of likely N-dealkylation sites (N-methyl/N-ethyl adjacent to an activating group) is 1. The van der Waals surface area contributed by atoms with Gasteiger partial charge in [0.25, 0.3) is 5.91 Å². The molecule has 0 spiro atoms. The molecule has 1 rings (SSSR count). The quantitative estimate of drug-likeness (QED) is 0.0606. The molecule has 0 saturated carbocycles. The Kier molecular flexibility index (Phi) is 19.2. The van der Waals surface area contributed by atoms with Crippen molar-refractivity contribution in [3.8, 4) is 0 Å². The maximum Gasteiger partial charge on any atom is 0.326 e. The highest BCUT2D eigenvalue weighted by molar-refractivity contribution is 9.09. The molecule has 1 unspecified atom stereocenters. The van der Waals surface area contributed by atoms with Gasteiger partial charge in [0.15, 0.2) is 0 Å². The lowest BCUT2D eigenvalue weighted by Gasteiger charge is -2.22. The molecule has 0 saturated heterocycles. The Morgan fingerprint density at radius 1 is 1.00 bits per heavy atom. The Balaban J connectivity index is 2.69. The summed E-state index contributed by atoms with van der Waals surface area (Å²) in [5.74, 6) is -5.55. The van der Waals surface area contributed by atoms with Crippen molar-refractivity contribution in [2.24, 2.45) is 11.7 Å². The number of aliphatic carboxylic acids is 1. The van der Waals surface area contributed by atoms with Crippen molar-refractivity contribution in [3.05, 3.63) is 29.6 Å². The maximum absolute atomic E-state index is 14.8. The number of nitrogens with zero attached hydrogens (tertiary/aromatic N) is 1. The smallest absolute Gasteiger partial charge is 0.326 e. The lowest BCUT2D eigenvalue weighted by atomic mass is 10.1. The summed E-state index contributed by atoms with van der Waals surface area (Å²) in [7, 11) is 1.22. The Labute approximate surface area is 288 Å². The molecule has 6 amide bonds. The molecule has 0 heterocycles. The largest absolute Gasteiger partial charge is 0.480 e. The molecule has 2 atom stereocenters. The summed E-state index contributed by atoms with van der Waals surface area (Å²) in [5.41, 5.74) is 4.61. The van der Waals surface area contributed by atoms with Gasteiger partial charge >= 0.3 is 18.0 Å². The molecular weight excluding hydrogens is 755 g/mol. The zero-order valence-corrected chi connectivity index (χ0v) is 29.3. The van der Waals surface area contributed by atoms with E-state index >= 15 is 0 Å². The van der Waals surface area contributed by atoms with Crippen molar-refractivity contribution >= 4 is 79.1 Å². The number of carboxylic acids is 1. The van der Waals surface area contributed by atoms with Crippen LogP contribution in [0.1, 0.15) is 55.8 Å². The average Bonchev–Trinajstić information content (AvgIpc) is 3.02. The predicted octanol–water partition coefficient (Wildman–Crippen LogP) is 1.87. The molecule has 7 N–H and O–H groups in total. The number of carbonyl (C=O) groups excluding carboxylic acids is 6. The summed E-state index contributed by atoms with van der Waals surface area (Å²) in [5, 5.41) is 19.9. The van der Waals surface area contributed by atoms with Gasteiger partial charge in [-0.15, -0.1) is 0 Å². The van der Waals surface area contributed by atoms with Crippen LogP contribution in [0.15, 0.2) is 18.2 Å². The van der Waals surface area contributed by atoms with E-state index < -0.39 is 65.6 Å². The minimum absolute atomic E-state index is 0.0402. The molecule has 1 aromatic carbocycles. The molecule has 0 aromatic heterocycles. The number of anilines is 1. The zero-order chi connectivity index (χ0) is 35.5. The van der Waals surface area contributed by atoms with Crippen molar-refractivity contribution in [1.82, 2.24) is 20.9 Å². The number of urea groups is 1. The molecule has 0 aliphatic heterocycles. The fraction of sp³-hybridized carbons (Fsp3) is 0.552. The summed E-state index contributed by atoms with van der Waals surface area (Å²) in [4.78, 5) is 85.2. The number of hydrogen-bond donors (Lipinski definition) is 6. The van der Waals surface area contributed by atoms with Crippen LogP contribution in [0.2, 0.25) is 0 Å². The number of nitrogens with one attached hydrogen (secondary N) is 4.